The van der Waals surface area contributed by atoms with Crippen molar-refractivity contribution in [3.05, 3.63) is 52.6 Å². The minimum absolute atomic E-state index is 0.125. The van der Waals surface area contributed by atoms with Crippen LogP contribution in [0, 0.1) is 10.1 Å². The predicted molar refractivity (Wildman–Crippen MR) is 117 cm³/mol. The SMILES string of the molecule is CS(=O)(=O)c1ccc(NCCNC(=O)CN2C(=O)CSc3ccccc32)c([N+](=O)[O-])c1. The molecular formula is C19H20N4O6S2. The molecule has 0 saturated carbocycles. The maximum Gasteiger partial charge on any atom is 0.293 e. The number of carbonyl (C=O) groups is 2. The molecule has 12 heteroatoms. The molecule has 2 aromatic carbocycles. The van der Waals surface area contributed by atoms with Crippen molar-refractivity contribution >= 4 is 50.5 Å². The number of anilines is 2. The van der Waals surface area contributed by atoms with Crippen LogP contribution in [0.25, 0.3) is 0 Å². The first-order chi connectivity index (χ1) is 14.7. The fourth-order valence-electron chi connectivity index (χ4n) is 2.97. The molecule has 1 aliphatic rings. The van der Waals surface area contributed by atoms with Gasteiger partial charge in [0, 0.05) is 30.3 Å². The largest absolute Gasteiger partial charge is 0.378 e. The van der Waals surface area contributed by atoms with Gasteiger partial charge in [0.1, 0.15) is 12.2 Å². The molecule has 2 N–H and O–H groups in total. The Bertz CT molecular complexity index is 1140. The van der Waals surface area contributed by atoms with E-state index in [1.54, 1.807) is 12.1 Å². The Morgan fingerprint density at radius 1 is 1.23 bits per heavy atom. The van der Waals surface area contributed by atoms with E-state index in [0.717, 1.165) is 17.2 Å². The Morgan fingerprint density at radius 2 is 1.97 bits per heavy atom. The maximum absolute atomic E-state index is 12.3. The predicted octanol–water partition coefficient (Wildman–Crippen LogP) is 1.67. The topological polar surface area (TPSA) is 139 Å². The number of sulfone groups is 1. The van der Waals surface area contributed by atoms with Crippen molar-refractivity contribution in [2.45, 2.75) is 9.79 Å². The third kappa shape index (κ3) is 5.52. The van der Waals surface area contributed by atoms with Crippen LogP contribution in [0.1, 0.15) is 0 Å². The molecule has 0 radical (unpaired) electrons. The number of carbonyl (C=O) groups excluding carboxylic acids is 2. The van der Waals surface area contributed by atoms with Crippen molar-refractivity contribution in [1.82, 2.24) is 5.32 Å². The highest BCUT2D eigenvalue weighted by atomic mass is 32.2. The molecule has 2 aromatic rings. The quantitative estimate of drug-likeness (QED) is 0.342. The number of hydrogen-bond donors (Lipinski definition) is 2. The molecule has 0 fully saturated rings. The van der Waals surface area contributed by atoms with Crippen molar-refractivity contribution in [3.8, 4) is 0 Å². The molecule has 164 valence electrons. The number of rotatable bonds is 8. The summed E-state index contributed by atoms with van der Waals surface area (Å²) in [5, 5.41) is 16.7. The lowest BCUT2D eigenvalue weighted by Gasteiger charge is -2.28. The van der Waals surface area contributed by atoms with Gasteiger partial charge in [-0.2, -0.15) is 0 Å². The van der Waals surface area contributed by atoms with Crippen LogP contribution in [0.15, 0.2) is 52.3 Å². The van der Waals surface area contributed by atoms with E-state index in [0.29, 0.717) is 5.69 Å². The van der Waals surface area contributed by atoms with Crippen molar-refractivity contribution < 1.29 is 22.9 Å². The summed E-state index contributed by atoms with van der Waals surface area (Å²) < 4.78 is 23.2. The highest BCUT2D eigenvalue weighted by molar-refractivity contribution is 8.00. The highest BCUT2D eigenvalue weighted by Crippen LogP contribution is 2.34. The van der Waals surface area contributed by atoms with E-state index in [4.69, 9.17) is 0 Å². The molecule has 0 unspecified atom stereocenters. The Morgan fingerprint density at radius 3 is 2.68 bits per heavy atom. The summed E-state index contributed by atoms with van der Waals surface area (Å²) in [6.45, 7) is 0.201. The summed E-state index contributed by atoms with van der Waals surface area (Å²) in [6, 6.07) is 10.9. The number of amides is 2. The number of benzene rings is 2. The van der Waals surface area contributed by atoms with E-state index in [1.165, 1.54) is 28.8 Å². The number of fused-ring (bicyclic) bond motifs is 1. The molecule has 2 amide bonds. The number of nitrogens with zero attached hydrogens (tertiary/aromatic N) is 2. The first-order valence-electron chi connectivity index (χ1n) is 9.18. The summed E-state index contributed by atoms with van der Waals surface area (Å²) in [5.41, 5.74) is 0.463. The molecule has 0 bridgehead atoms. The van der Waals surface area contributed by atoms with Gasteiger partial charge in [-0.15, -0.1) is 11.8 Å². The molecule has 0 aliphatic carbocycles. The van der Waals surface area contributed by atoms with E-state index >= 15 is 0 Å². The van der Waals surface area contributed by atoms with Crippen LogP contribution in [-0.4, -0.2) is 56.8 Å². The number of nitro benzene ring substituents is 1. The van der Waals surface area contributed by atoms with E-state index in [9.17, 15) is 28.1 Å². The van der Waals surface area contributed by atoms with E-state index in [1.807, 2.05) is 12.1 Å². The molecule has 1 heterocycles. The molecule has 0 spiro atoms. The lowest BCUT2D eigenvalue weighted by molar-refractivity contribution is -0.384. The van der Waals surface area contributed by atoms with Gasteiger partial charge in [0.2, 0.25) is 11.8 Å². The lowest BCUT2D eigenvalue weighted by Crippen LogP contribution is -2.44. The molecule has 1 aliphatic heterocycles. The zero-order chi connectivity index (χ0) is 22.6. The van der Waals surface area contributed by atoms with Crippen molar-refractivity contribution in [2.24, 2.45) is 0 Å². The molecule has 0 saturated heterocycles. The normalized spacial score (nSPS) is 13.5. The highest BCUT2D eigenvalue weighted by Gasteiger charge is 2.26. The van der Waals surface area contributed by atoms with Crippen LogP contribution in [-0.2, 0) is 19.4 Å². The van der Waals surface area contributed by atoms with Gasteiger partial charge in [0.15, 0.2) is 9.84 Å². The molecule has 0 aromatic heterocycles. The summed E-state index contributed by atoms with van der Waals surface area (Å²) in [6.07, 6.45) is 0.971. The first kappa shape index (κ1) is 22.6. The van der Waals surface area contributed by atoms with Crippen LogP contribution >= 0.6 is 11.8 Å². The number of nitrogens with one attached hydrogen (secondary N) is 2. The molecule has 3 rings (SSSR count). The number of thioether (sulfide) groups is 1. The second-order valence-electron chi connectivity index (χ2n) is 6.72. The van der Waals surface area contributed by atoms with Crippen LogP contribution in [0.5, 0.6) is 0 Å². The number of nitro groups is 1. The summed E-state index contributed by atoms with van der Waals surface area (Å²) in [7, 11) is -3.57. The maximum atomic E-state index is 12.3. The fraction of sp³-hybridized carbons (Fsp3) is 0.263. The monoisotopic (exact) mass is 464 g/mol. The summed E-state index contributed by atoms with van der Waals surface area (Å²) >= 11 is 1.43. The van der Waals surface area contributed by atoms with Gasteiger partial charge < -0.3 is 15.5 Å². The lowest BCUT2D eigenvalue weighted by atomic mass is 10.2. The van der Waals surface area contributed by atoms with Gasteiger partial charge >= 0.3 is 0 Å². The average molecular weight is 465 g/mol. The van der Waals surface area contributed by atoms with Gasteiger partial charge in [0.25, 0.3) is 5.69 Å². The first-order valence-corrected chi connectivity index (χ1v) is 12.1. The minimum Gasteiger partial charge on any atom is -0.378 e. The van der Waals surface area contributed by atoms with Crippen LogP contribution in [0.4, 0.5) is 17.1 Å². The molecule has 10 nitrogen and oxygen atoms in total. The van der Waals surface area contributed by atoms with E-state index in [2.05, 4.69) is 10.6 Å². The Kier molecular flexibility index (Phi) is 6.81. The number of hydrogen-bond acceptors (Lipinski definition) is 8. The average Bonchev–Trinajstić information content (AvgIpc) is 2.72. The smallest absolute Gasteiger partial charge is 0.293 e. The molecule has 0 atom stereocenters. The van der Waals surface area contributed by atoms with Gasteiger partial charge in [-0.05, 0) is 24.3 Å². The second kappa shape index (κ2) is 9.35. The number of para-hydroxylation sites is 1. The summed E-state index contributed by atoms with van der Waals surface area (Å²) in [5.74, 6) is -0.253. The Hall–Kier alpha value is -3.12. The van der Waals surface area contributed by atoms with Crippen molar-refractivity contribution in [2.75, 3.05) is 41.9 Å². The second-order valence-corrected chi connectivity index (χ2v) is 9.75. The van der Waals surface area contributed by atoms with Gasteiger partial charge in [-0.25, -0.2) is 8.42 Å². The third-order valence-corrected chi connectivity index (χ3v) is 6.62. The fourth-order valence-corrected chi connectivity index (χ4v) is 4.55. The zero-order valence-electron chi connectivity index (χ0n) is 16.5. The van der Waals surface area contributed by atoms with Gasteiger partial charge in [0.05, 0.1) is 21.3 Å². The Labute approximate surface area is 183 Å². The Balaban J connectivity index is 1.56. The zero-order valence-corrected chi connectivity index (χ0v) is 18.2. The van der Waals surface area contributed by atoms with E-state index in [-0.39, 0.29) is 53.5 Å². The van der Waals surface area contributed by atoms with Crippen molar-refractivity contribution in [3.63, 3.8) is 0 Å². The van der Waals surface area contributed by atoms with Crippen LogP contribution < -0.4 is 15.5 Å². The van der Waals surface area contributed by atoms with Crippen molar-refractivity contribution in [1.29, 1.82) is 0 Å². The summed E-state index contributed by atoms with van der Waals surface area (Å²) in [4.78, 5) is 37.3. The minimum atomic E-state index is -3.57. The standard InChI is InChI=1S/C19H20N4O6S2/c1-31(28,29)13-6-7-14(16(10-13)23(26)27)20-8-9-21-18(24)11-22-15-4-2-3-5-17(15)30-12-19(22)25/h2-7,10,20H,8-9,11-12H2,1H3,(H,21,24). The molecule has 31 heavy (non-hydrogen) atoms. The molecular weight excluding hydrogens is 444 g/mol. The van der Waals surface area contributed by atoms with E-state index < -0.39 is 14.8 Å². The third-order valence-electron chi connectivity index (χ3n) is 4.47. The van der Waals surface area contributed by atoms with Crippen LogP contribution in [0.3, 0.4) is 0 Å². The van der Waals surface area contributed by atoms with Crippen LogP contribution in [0.2, 0.25) is 0 Å². The van der Waals surface area contributed by atoms with Gasteiger partial charge in [-0.3, -0.25) is 19.7 Å². The van der Waals surface area contributed by atoms with Gasteiger partial charge in [-0.1, -0.05) is 12.1 Å².